The highest BCUT2D eigenvalue weighted by Gasteiger charge is 2.33. The van der Waals surface area contributed by atoms with E-state index in [-0.39, 0.29) is 18.1 Å². The molecule has 0 saturated carbocycles. The van der Waals surface area contributed by atoms with Gasteiger partial charge in [0.05, 0.1) is 6.04 Å². The van der Waals surface area contributed by atoms with E-state index in [1.54, 1.807) is 6.20 Å². The van der Waals surface area contributed by atoms with Crippen molar-refractivity contribution in [1.82, 2.24) is 15.2 Å². The summed E-state index contributed by atoms with van der Waals surface area (Å²) in [7, 11) is 1.87. The van der Waals surface area contributed by atoms with E-state index < -0.39 is 0 Å². The lowest BCUT2D eigenvalue weighted by molar-refractivity contribution is 0.0773. The third-order valence-electron chi connectivity index (χ3n) is 4.25. The van der Waals surface area contributed by atoms with Gasteiger partial charge in [0.1, 0.15) is 5.82 Å². The Morgan fingerprint density at radius 3 is 2.81 bits per heavy atom. The minimum absolute atomic E-state index is 0.0209. The summed E-state index contributed by atoms with van der Waals surface area (Å²) in [5.74, 6) is 0.979. The van der Waals surface area contributed by atoms with Crippen LogP contribution in [-0.2, 0) is 4.74 Å². The number of hydrogen-bond acceptors (Lipinski definition) is 4. The number of pyridine rings is 1. The van der Waals surface area contributed by atoms with E-state index in [0.29, 0.717) is 0 Å². The molecule has 2 aliphatic rings. The first-order chi connectivity index (χ1) is 10.2. The average molecular weight is 290 g/mol. The quantitative estimate of drug-likeness (QED) is 0.905. The van der Waals surface area contributed by atoms with Crippen LogP contribution in [0.5, 0.6) is 0 Å². The summed E-state index contributed by atoms with van der Waals surface area (Å²) in [5, 5.41) is 3.10. The molecule has 1 aromatic heterocycles. The standard InChI is InChI=1S/C15H22N4O2/c1-18(15(20)17-12-5-8-21-9-6-12)13-10-19(11-13)14-4-2-3-7-16-14/h2-4,7,12-13H,5-6,8-11H2,1H3,(H,17,20). The molecule has 0 aliphatic carbocycles. The molecule has 2 fully saturated rings. The fraction of sp³-hybridized carbons (Fsp3) is 0.600. The maximum Gasteiger partial charge on any atom is 0.317 e. The molecule has 3 rings (SSSR count). The Kier molecular flexibility index (Phi) is 4.24. The minimum Gasteiger partial charge on any atom is -0.381 e. The number of nitrogens with one attached hydrogen (secondary N) is 1. The van der Waals surface area contributed by atoms with E-state index in [4.69, 9.17) is 4.74 Å². The van der Waals surface area contributed by atoms with Gasteiger partial charge >= 0.3 is 6.03 Å². The zero-order chi connectivity index (χ0) is 14.7. The molecule has 0 atom stereocenters. The molecule has 0 unspecified atom stereocenters. The molecular formula is C15H22N4O2. The van der Waals surface area contributed by atoms with Gasteiger partial charge < -0.3 is 19.9 Å². The Balaban J connectivity index is 1.46. The Morgan fingerprint density at radius 2 is 2.14 bits per heavy atom. The molecule has 114 valence electrons. The molecule has 6 heteroatoms. The SMILES string of the molecule is CN(C(=O)NC1CCOCC1)C1CN(c2ccccn2)C1. The van der Waals surface area contributed by atoms with Crippen LogP contribution in [0.25, 0.3) is 0 Å². The van der Waals surface area contributed by atoms with Gasteiger partial charge in [0.2, 0.25) is 0 Å². The zero-order valence-corrected chi connectivity index (χ0v) is 12.4. The van der Waals surface area contributed by atoms with Crippen LogP contribution < -0.4 is 10.2 Å². The number of amides is 2. The fourth-order valence-electron chi connectivity index (χ4n) is 2.71. The number of carbonyl (C=O) groups is 1. The van der Waals surface area contributed by atoms with Crippen molar-refractivity contribution in [2.24, 2.45) is 0 Å². The molecule has 1 N–H and O–H groups in total. The Morgan fingerprint density at radius 1 is 1.38 bits per heavy atom. The van der Waals surface area contributed by atoms with Crippen molar-refractivity contribution >= 4 is 11.8 Å². The smallest absolute Gasteiger partial charge is 0.317 e. The third-order valence-corrected chi connectivity index (χ3v) is 4.25. The summed E-state index contributed by atoms with van der Waals surface area (Å²) in [5.41, 5.74) is 0. The predicted molar refractivity (Wildman–Crippen MR) is 80.4 cm³/mol. The number of nitrogens with zero attached hydrogens (tertiary/aromatic N) is 3. The monoisotopic (exact) mass is 290 g/mol. The number of aromatic nitrogens is 1. The van der Waals surface area contributed by atoms with E-state index >= 15 is 0 Å². The topological polar surface area (TPSA) is 57.7 Å². The summed E-state index contributed by atoms with van der Waals surface area (Å²) in [4.78, 5) is 20.6. The molecule has 6 nitrogen and oxygen atoms in total. The van der Waals surface area contributed by atoms with Crippen LogP contribution in [-0.4, -0.2) is 61.3 Å². The second kappa shape index (κ2) is 6.30. The lowest BCUT2D eigenvalue weighted by Gasteiger charge is -2.44. The first-order valence-corrected chi connectivity index (χ1v) is 7.51. The van der Waals surface area contributed by atoms with Crippen LogP contribution in [0.4, 0.5) is 10.6 Å². The lowest BCUT2D eigenvalue weighted by atomic mass is 10.1. The van der Waals surface area contributed by atoms with Gasteiger partial charge in [-0.05, 0) is 25.0 Å². The number of rotatable bonds is 3. The molecule has 21 heavy (non-hydrogen) atoms. The summed E-state index contributed by atoms with van der Waals surface area (Å²) < 4.78 is 5.31. The van der Waals surface area contributed by atoms with Crippen LogP contribution in [0.2, 0.25) is 0 Å². The van der Waals surface area contributed by atoms with E-state index in [9.17, 15) is 4.79 Å². The third kappa shape index (κ3) is 3.26. The Bertz CT molecular complexity index is 470. The minimum atomic E-state index is 0.0209. The van der Waals surface area contributed by atoms with Crippen molar-refractivity contribution in [3.8, 4) is 0 Å². The van der Waals surface area contributed by atoms with Gasteiger partial charge in [-0.3, -0.25) is 0 Å². The van der Waals surface area contributed by atoms with E-state index in [0.717, 1.165) is 45.0 Å². The largest absolute Gasteiger partial charge is 0.381 e. The van der Waals surface area contributed by atoms with E-state index in [1.165, 1.54) is 0 Å². The summed E-state index contributed by atoms with van der Waals surface area (Å²) in [6.07, 6.45) is 3.61. The fourth-order valence-corrected chi connectivity index (χ4v) is 2.71. The molecule has 2 saturated heterocycles. The number of likely N-dealkylation sites (N-methyl/N-ethyl adjacent to an activating group) is 1. The molecule has 0 bridgehead atoms. The Hall–Kier alpha value is -1.82. The molecule has 1 aromatic rings. The van der Waals surface area contributed by atoms with Gasteiger partial charge in [-0.1, -0.05) is 6.07 Å². The van der Waals surface area contributed by atoms with Gasteiger partial charge in [0.15, 0.2) is 0 Å². The summed E-state index contributed by atoms with van der Waals surface area (Å²) in [6.45, 7) is 3.17. The van der Waals surface area contributed by atoms with Crippen molar-refractivity contribution in [1.29, 1.82) is 0 Å². The Labute approximate surface area is 125 Å². The average Bonchev–Trinajstić information content (AvgIpc) is 2.48. The van der Waals surface area contributed by atoms with Crippen LogP contribution in [0.15, 0.2) is 24.4 Å². The van der Waals surface area contributed by atoms with Gasteiger partial charge in [0, 0.05) is 45.6 Å². The predicted octanol–water partition coefficient (Wildman–Crippen LogP) is 1.09. The summed E-state index contributed by atoms with van der Waals surface area (Å²) >= 11 is 0. The van der Waals surface area contributed by atoms with Gasteiger partial charge in [-0.25, -0.2) is 9.78 Å². The van der Waals surface area contributed by atoms with Gasteiger partial charge in [-0.15, -0.1) is 0 Å². The van der Waals surface area contributed by atoms with Crippen LogP contribution >= 0.6 is 0 Å². The van der Waals surface area contributed by atoms with Crippen molar-refractivity contribution in [3.05, 3.63) is 24.4 Å². The van der Waals surface area contributed by atoms with E-state index in [2.05, 4.69) is 15.2 Å². The van der Waals surface area contributed by atoms with Crippen molar-refractivity contribution in [2.75, 3.05) is 38.3 Å². The molecule has 3 heterocycles. The van der Waals surface area contributed by atoms with Crippen molar-refractivity contribution < 1.29 is 9.53 Å². The molecule has 2 aliphatic heterocycles. The van der Waals surface area contributed by atoms with E-state index in [1.807, 2.05) is 30.1 Å². The molecular weight excluding hydrogens is 268 g/mol. The number of carbonyl (C=O) groups excluding carboxylic acids is 1. The lowest BCUT2D eigenvalue weighted by Crippen LogP contribution is -2.62. The number of anilines is 1. The summed E-state index contributed by atoms with van der Waals surface area (Å²) in [6, 6.07) is 6.42. The highest BCUT2D eigenvalue weighted by atomic mass is 16.5. The van der Waals surface area contributed by atoms with Crippen LogP contribution in [0.1, 0.15) is 12.8 Å². The first kappa shape index (κ1) is 14.1. The normalized spacial score (nSPS) is 20.0. The molecule has 0 aromatic carbocycles. The van der Waals surface area contributed by atoms with Gasteiger partial charge in [-0.2, -0.15) is 0 Å². The maximum absolute atomic E-state index is 12.2. The highest BCUT2D eigenvalue weighted by Crippen LogP contribution is 2.20. The number of ether oxygens (including phenoxy) is 1. The van der Waals surface area contributed by atoms with Crippen molar-refractivity contribution in [3.63, 3.8) is 0 Å². The number of hydrogen-bond donors (Lipinski definition) is 1. The molecule has 0 spiro atoms. The molecule has 2 amide bonds. The molecule has 0 radical (unpaired) electrons. The van der Waals surface area contributed by atoms with Crippen molar-refractivity contribution in [2.45, 2.75) is 24.9 Å². The maximum atomic E-state index is 12.2. The highest BCUT2D eigenvalue weighted by molar-refractivity contribution is 5.75. The van der Waals surface area contributed by atoms with Gasteiger partial charge in [0.25, 0.3) is 0 Å². The van der Waals surface area contributed by atoms with Crippen LogP contribution in [0.3, 0.4) is 0 Å². The van der Waals surface area contributed by atoms with Crippen LogP contribution in [0, 0.1) is 0 Å². The second-order valence-electron chi connectivity index (χ2n) is 5.69. The number of urea groups is 1. The zero-order valence-electron chi connectivity index (χ0n) is 12.4. The second-order valence-corrected chi connectivity index (χ2v) is 5.69. The first-order valence-electron chi connectivity index (χ1n) is 7.51.